The Hall–Kier alpha value is -0.0200. The molecule has 1 unspecified atom stereocenters. The number of rotatable bonds is 6. The molecule has 0 saturated heterocycles. The second kappa shape index (κ2) is 7.30. The van der Waals surface area contributed by atoms with Crippen molar-refractivity contribution in [2.24, 2.45) is 5.92 Å². The number of pyridine rings is 1. The molecule has 1 nitrogen and oxygen atoms in total. The smallest absolute Gasteiger partial charge is 0.0278 e. The number of nitrogens with zero attached hydrogens (tertiary/aromatic N) is 1. The van der Waals surface area contributed by atoms with Gasteiger partial charge in [-0.05, 0) is 24.5 Å². The molecular formula is C11H16BrNS. The van der Waals surface area contributed by atoms with Gasteiger partial charge in [0.25, 0.3) is 0 Å². The Bertz CT molecular complexity index is 240. The van der Waals surface area contributed by atoms with Crippen molar-refractivity contribution < 1.29 is 0 Å². The van der Waals surface area contributed by atoms with Crippen molar-refractivity contribution in [2.45, 2.75) is 24.7 Å². The number of hydrogen-bond acceptors (Lipinski definition) is 2. The van der Waals surface area contributed by atoms with Crippen molar-refractivity contribution in [3.8, 4) is 0 Å². The molecule has 0 aromatic carbocycles. The minimum absolute atomic E-state index is 0.790. The number of thioether (sulfide) groups is 1. The molecule has 0 amide bonds. The van der Waals surface area contributed by atoms with Gasteiger partial charge in [0.2, 0.25) is 0 Å². The second-order valence-corrected chi connectivity index (χ2v) is 5.04. The highest BCUT2D eigenvalue weighted by atomic mass is 79.9. The van der Waals surface area contributed by atoms with Crippen LogP contribution in [0.15, 0.2) is 29.4 Å². The third kappa shape index (κ3) is 4.47. The molecular weight excluding hydrogens is 258 g/mol. The Labute approximate surface area is 98.8 Å². The molecule has 0 saturated carbocycles. The first-order chi connectivity index (χ1) is 6.86. The van der Waals surface area contributed by atoms with Gasteiger partial charge >= 0.3 is 0 Å². The summed E-state index contributed by atoms with van der Waals surface area (Å²) in [6.07, 6.45) is 6.28. The lowest BCUT2D eigenvalue weighted by molar-refractivity contribution is 0.597. The van der Waals surface area contributed by atoms with E-state index in [9.17, 15) is 0 Å². The summed E-state index contributed by atoms with van der Waals surface area (Å²) in [4.78, 5) is 5.33. The molecule has 1 heterocycles. The highest BCUT2D eigenvalue weighted by Crippen LogP contribution is 2.22. The van der Waals surface area contributed by atoms with Crippen LogP contribution in [0.25, 0.3) is 0 Å². The Morgan fingerprint density at radius 2 is 2.14 bits per heavy atom. The summed E-state index contributed by atoms with van der Waals surface area (Å²) in [6.45, 7) is 2.24. The lowest BCUT2D eigenvalue weighted by Gasteiger charge is -2.11. The van der Waals surface area contributed by atoms with Crippen molar-refractivity contribution >= 4 is 27.7 Å². The topological polar surface area (TPSA) is 12.9 Å². The molecule has 0 spiro atoms. The summed E-state index contributed by atoms with van der Waals surface area (Å²) in [5, 5.41) is 1.11. The molecule has 0 radical (unpaired) electrons. The van der Waals surface area contributed by atoms with E-state index in [1.165, 1.54) is 23.5 Å². The van der Waals surface area contributed by atoms with E-state index >= 15 is 0 Å². The van der Waals surface area contributed by atoms with Crippen molar-refractivity contribution in [1.82, 2.24) is 4.98 Å². The van der Waals surface area contributed by atoms with Crippen LogP contribution < -0.4 is 0 Å². The van der Waals surface area contributed by atoms with Gasteiger partial charge in [0.05, 0.1) is 0 Å². The molecule has 1 rings (SSSR count). The van der Waals surface area contributed by atoms with Gasteiger partial charge in [0.1, 0.15) is 0 Å². The Morgan fingerprint density at radius 3 is 2.71 bits per heavy atom. The second-order valence-electron chi connectivity index (χ2n) is 3.30. The molecule has 0 aliphatic rings. The van der Waals surface area contributed by atoms with Gasteiger partial charge in [-0.3, -0.25) is 4.98 Å². The van der Waals surface area contributed by atoms with Crippen LogP contribution in [0, 0.1) is 5.92 Å². The third-order valence-corrected chi connectivity index (χ3v) is 4.21. The first-order valence-electron chi connectivity index (χ1n) is 4.95. The summed E-state index contributed by atoms with van der Waals surface area (Å²) in [5.41, 5.74) is 0. The summed E-state index contributed by atoms with van der Waals surface area (Å²) < 4.78 is 0. The van der Waals surface area contributed by atoms with Gasteiger partial charge in [0.15, 0.2) is 0 Å². The predicted octanol–water partition coefficient (Wildman–Crippen LogP) is 3.98. The average molecular weight is 274 g/mol. The SMILES string of the molecule is CCCC(CBr)CSc1ccncc1. The maximum atomic E-state index is 4.01. The van der Waals surface area contributed by atoms with Gasteiger partial charge in [-0.2, -0.15) is 0 Å². The Balaban J connectivity index is 2.32. The number of alkyl halides is 1. The first kappa shape index (κ1) is 12.1. The summed E-state index contributed by atoms with van der Waals surface area (Å²) in [6, 6.07) is 4.14. The fourth-order valence-electron chi connectivity index (χ4n) is 1.26. The van der Waals surface area contributed by atoms with Crippen molar-refractivity contribution in [2.75, 3.05) is 11.1 Å². The van der Waals surface area contributed by atoms with Crippen LogP contribution in [0.4, 0.5) is 0 Å². The van der Waals surface area contributed by atoms with Gasteiger partial charge < -0.3 is 0 Å². The monoisotopic (exact) mass is 273 g/mol. The average Bonchev–Trinajstić information content (AvgIpc) is 2.25. The molecule has 0 N–H and O–H groups in total. The highest BCUT2D eigenvalue weighted by Gasteiger charge is 2.06. The number of hydrogen-bond donors (Lipinski definition) is 0. The lowest BCUT2D eigenvalue weighted by atomic mass is 10.1. The van der Waals surface area contributed by atoms with Gasteiger partial charge in [-0.25, -0.2) is 0 Å². The van der Waals surface area contributed by atoms with Crippen molar-refractivity contribution in [3.05, 3.63) is 24.5 Å². The zero-order chi connectivity index (χ0) is 10.2. The molecule has 0 aliphatic heterocycles. The Kier molecular flexibility index (Phi) is 6.28. The van der Waals surface area contributed by atoms with Crippen molar-refractivity contribution in [1.29, 1.82) is 0 Å². The largest absolute Gasteiger partial charge is 0.265 e. The van der Waals surface area contributed by atoms with Crippen molar-refractivity contribution in [3.63, 3.8) is 0 Å². The van der Waals surface area contributed by atoms with Crippen LogP contribution in [-0.4, -0.2) is 16.1 Å². The van der Waals surface area contributed by atoms with Gasteiger partial charge in [-0.1, -0.05) is 29.3 Å². The molecule has 14 heavy (non-hydrogen) atoms. The molecule has 0 aliphatic carbocycles. The zero-order valence-corrected chi connectivity index (χ0v) is 10.9. The standard InChI is InChI=1S/C11H16BrNS/c1-2-3-10(8-12)9-14-11-4-6-13-7-5-11/h4-7,10H,2-3,8-9H2,1H3. The van der Waals surface area contributed by atoms with E-state index in [0.717, 1.165) is 11.2 Å². The van der Waals surface area contributed by atoms with Crippen LogP contribution in [0.1, 0.15) is 19.8 Å². The molecule has 1 atom stereocenters. The van der Waals surface area contributed by atoms with E-state index in [4.69, 9.17) is 0 Å². The van der Waals surface area contributed by atoms with E-state index < -0.39 is 0 Å². The quantitative estimate of drug-likeness (QED) is 0.574. The predicted molar refractivity (Wildman–Crippen MR) is 67.2 cm³/mol. The summed E-state index contributed by atoms with van der Waals surface area (Å²) in [5.74, 6) is 1.99. The van der Waals surface area contributed by atoms with E-state index in [2.05, 4.69) is 40.0 Å². The Morgan fingerprint density at radius 1 is 1.43 bits per heavy atom. The van der Waals surface area contributed by atoms with E-state index in [1.807, 2.05) is 24.2 Å². The fourth-order valence-corrected chi connectivity index (χ4v) is 3.14. The maximum Gasteiger partial charge on any atom is 0.0278 e. The highest BCUT2D eigenvalue weighted by molar-refractivity contribution is 9.09. The third-order valence-electron chi connectivity index (χ3n) is 2.05. The summed E-state index contributed by atoms with van der Waals surface area (Å²) in [7, 11) is 0. The van der Waals surface area contributed by atoms with Crippen LogP contribution >= 0.6 is 27.7 Å². The number of aromatic nitrogens is 1. The fraction of sp³-hybridized carbons (Fsp3) is 0.545. The van der Waals surface area contributed by atoms with Crippen LogP contribution in [0.3, 0.4) is 0 Å². The maximum absolute atomic E-state index is 4.01. The summed E-state index contributed by atoms with van der Waals surface area (Å²) >= 11 is 5.49. The minimum Gasteiger partial charge on any atom is -0.265 e. The molecule has 0 fully saturated rings. The van der Waals surface area contributed by atoms with Crippen LogP contribution in [0.2, 0.25) is 0 Å². The van der Waals surface area contributed by atoms with E-state index in [-0.39, 0.29) is 0 Å². The van der Waals surface area contributed by atoms with Gasteiger partial charge in [-0.15, -0.1) is 11.8 Å². The lowest BCUT2D eigenvalue weighted by Crippen LogP contribution is -2.04. The van der Waals surface area contributed by atoms with Gasteiger partial charge in [0, 0.05) is 28.4 Å². The zero-order valence-electron chi connectivity index (χ0n) is 8.45. The van der Waals surface area contributed by atoms with E-state index in [0.29, 0.717) is 0 Å². The molecule has 1 aromatic heterocycles. The van der Waals surface area contributed by atoms with Crippen LogP contribution in [-0.2, 0) is 0 Å². The molecule has 3 heteroatoms. The molecule has 0 bridgehead atoms. The normalized spacial score (nSPS) is 12.7. The molecule has 78 valence electrons. The first-order valence-corrected chi connectivity index (χ1v) is 7.06. The number of halogens is 1. The van der Waals surface area contributed by atoms with E-state index in [1.54, 1.807) is 0 Å². The minimum atomic E-state index is 0.790. The molecule has 1 aromatic rings. The van der Waals surface area contributed by atoms with Crippen LogP contribution in [0.5, 0.6) is 0 Å².